The van der Waals surface area contributed by atoms with Gasteiger partial charge in [0.25, 0.3) is 5.91 Å². The van der Waals surface area contributed by atoms with Crippen molar-refractivity contribution in [3.8, 4) is 5.75 Å². The van der Waals surface area contributed by atoms with E-state index in [1.165, 1.54) is 22.5 Å². The van der Waals surface area contributed by atoms with Crippen LogP contribution in [-0.2, 0) is 10.0 Å². The highest BCUT2D eigenvalue weighted by molar-refractivity contribution is 7.89. The molecule has 3 rings (SSSR count). The van der Waals surface area contributed by atoms with Gasteiger partial charge in [-0.1, -0.05) is 32.0 Å². The third-order valence-electron chi connectivity index (χ3n) is 4.72. The molecule has 1 aliphatic rings. The second kappa shape index (κ2) is 7.70. The van der Waals surface area contributed by atoms with E-state index in [9.17, 15) is 18.3 Å². The van der Waals surface area contributed by atoms with Gasteiger partial charge in [0, 0.05) is 18.7 Å². The Kier molecular flexibility index (Phi) is 5.53. The Hall–Kier alpha value is -2.38. The first-order valence-electron chi connectivity index (χ1n) is 8.97. The molecule has 0 bridgehead atoms. The third kappa shape index (κ3) is 4.31. The van der Waals surface area contributed by atoms with Crippen molar-refractivity contribution in [2.75, 3.05) is 18.4 Å². The highest BCUT2D eigenvalue weighted by Gasteiger charge is 2.32. The second-order valence-electron chi connectivity index (χ2n) is 7.27. The Morgan fingerprint density at radius 2 is 1.74 bits per heavy atom. The Morgan fingerprint density at radius 1 is 1.07 bits per heavy atom. The van der Waals surface area contributed by atoms with Gasteiger partial charge in [0.2, 0.25) is 10.0 Å². The zero-order valence-electron chi connectivity index (χ0n) is 15.4. The molecule has 6 nitrogen and oxygen atoms in total. The van der Waals surface area contributed by atoms with Crippen LogP contribution >= 0.6 is 0 Å². The van der Waals surface area contributed by atoms with Gasteiger partial charge in [-0.3, -0.25) is 4.79 Å². The van der Waals surface area contributed by atoms with E-state index < -0.39 is 15.9 Å². The van der Waals surface area contributed by atoms with E-state index in [4.69, 9.17) is 0 Å². The average Bonchev–Trinajstić information content (AvgIpc) is 2.63. The van der Waals surface area contributed by atoms with E-state index in [-0.39, 0.29) is 21.9 Å². The zero-order chi connectivity index (χ0) is 19.6. The van der Waals surface area contributed by atoms with Crippen LogP contribution in [0.5, 0.6) is 5.75 Å². The van der Waals surface area contributed by atoms with E-state index >= 15 is 0 Å². The molecule has 0 aliphatic carbocycles. The largest absolute Gasteiger partial charge is 0.506 e. The Labute approximate surface area is 159 Å². The fourth-order valence-electron chi connectivity index (χ4n) is 3.52. The SMILES string of the molecule is C[C@@H]1C[C@@H](C)CN(S(=O)(=O)c2cccc(C(=O)Nc3ccccc3O)c2)C1. The van der Waals surface area contributed by atoms with Crippen LogP contribution in [0.1, 0.15) is 30.6 Å². The number of hydrogen-bond acceptors (Lipinski definition) is 4. The van der Waals surface area contributed by atoms with Crippen LogP contribution in [0.2, 0.25) is 0 Å². The van der Waals surface area contributed by atoms with Crippen molar-refractivity contribution < 1.29 is 18.3 Å². The molecule has 0 radical (unpaired) electrons. The number of hydrogen-bond donors (Lipinski definition) is 2. The van der Waals surface area contributed by atoms with E-state index in [2.05, 4.69) is 5.32 Å². The van der Waals surface area contributed by atoms with Gasteiger partial charge in [0.1, 0.15) is 5.75 Å². The summed E-state index contributed by atoms with van der Waals surface area (Å²) in [5.41, 5.74) is 0.492. The predicted molar refractivity (Wildman–Crippen MR) is 104 cm³/mol. The van der Waals surface area contributed by atoms with Crippen LogP contribution in [0.4, 0.5) is 5.69 Å². The molecule has 1 heterocycles. The van der Waals surface area contributed by atoms with Crippen molar-refractivity contribution in [3.63, 3.8) is 0 Å². The van der Waals surface area contributed by atoms with Gasteiger partial charge in [0.15, 0.2) is 0 Å². The lowest BCUT2D eigenvalue weighted by atomic mass is 9.94. The van der Waals surface area contributed by atoms with Crippen LogP contribution in [0.3, 0.4) is 0 Å². The minimum absolute atomic E-state index is 0.0501. The summed E-state index contributed by atoms with van der Waals surface area (Å²) < 4.78 is 27.5. The summed E-state index contributed by atoms with van der Waals surface area (Å²) in [7, 11) is -3.66. The van der Waals surface area contributed by atoms with Gasteiger partial charge < -0.3 is 10.4 Å². The predicted octanol–water partition coefficient (Wildman–Crippen LogP) is 3.31. The molecule has 2 aromatic carbocycles. The number of anilines is 1. The normalized spacial score (nSPS) is 21.0. The lowest BCUT2D eigenvalue weighted by molar-refractivity contribution is 0.102. The molecule has 2 N–H and O–H groups in total. The summed E-state index contributed by atoms with van der Waals surface area (Å²) in [5.74, 6) is 0.0759. The first-order chi connectivity index (χ1) is 12.8. The molecule has 7 heteroatoms. The number of rotatable bonds is 4. The number of carbonyl (C=O) groups excluding carboxylic acids is 1. The number of benzene rings is 2. The third-order valence-corrected chi connectivity index (χ3v) is 6.55. The summed E-state index contributed by atoms with van der Waals surface area (Å²) in [6.45, 7) is 5.07. The van der Waals surface area contributed by atoms with Crippen LogP contribution in [0, 0.1) is 11.8 Å². The van der Waals surface area contributed by atoms with Crippen molar-refractivity contribution in [2.45, 2.75) is 25.2 Å². The van der Waals surface area contributed by atoms with Gasteiger partial charge in [-0.2, -0.15) is 4.31 Å². The fourth-order valence-corrected chi connectivity index (χ4v) is 5.25. The molecule has 1 fully saturated rings. The van der Waals surface area contributed by atoms with Crippen molar-refractivity contribution in [2.24, 2.45) is 11.8 Å². The number of phenols is 1. The molecule has 0 spiro atoms. The molecule has 1 aliphatic heterocycles. The molecule has 2 atom stereocenters. The molecule has 0 saturated carbocycles. The van der Waals surface area contributed by atoms with Gasteiger partial charge >= 0.3 is 0 Å². The first-order valence-corrected chi connectivity index (χ1v) is 10.4. The minimum atomic E-state index is -3.66. The zero-order valence-corrected chi connectivity index (χ0v) is 16.2. The molecule has 2 aromatic rings. The maximum atomic E-state index is 13.0. The van der Waals surface area contributed by atoms with Crippen molar-refractivity contribution in [3.05, 3.63) is 54.1 Å². The number of nitrogens with zero attached hydrogens (tertiary/aromatic N) is 1. The van der Waals surface area contributed by atoms with Crippen LogP contribution in [-0.4, -0.2) is 36.8 Å². The second-order valence-corrected chi connectivity index (χ2v) is 9.21. The van der Waals surface area contributed by atoms with E-state index in [1.54, 1.807) is 30.3 Å². The minimum Gasteiger partial charge on any atom is -0.506 e. The summed E-state index contributed by atoms with van der Waals surface area (Å²) in [6, 6.07) is 12.4. The summed E-state index contributed by atoms with van der Waals surface area (Å²) in [6.07, 6.45) is 1.01. The number of sulfonamides is 1. The monoisotopic (exact) mass is 388 g/mol. The Balaban J connectivity index is 1.84. The fraction of sp³-hybridized carbons (Fsp3) is 0.350. The lowest BCUT2D eigenvalue weighted by Gasteiger charge is -2.34. The van der Waals surface area contributed by atoms with Gasteiger partial charge in [-0.25, -0.2) is 8.42 Å². The standard InChI is InChI=1S/C20H24N2O4S/c1-14-10-15(2)13-22(12-14)27(25,26)17-7-5-6-16(11-17)20(24)21-18-8-3-4-9-19(18)23/h3-9,11,14-15,23H,10,12-13H2,1-2H3,(H,21,24)/t14-,15-/m1/s1. The number of carbonyl (C=O) groups is 1. The Bertz CT molecular complexity index is 933. The van der Waals surface area contributed by atoms with Crippen LogP contribution in [0.25, 0.3) is 0 Å². The van der Waals surface area contributed by atoms with Gasteiger partial charge in [-0.05, 0) is 48.6 Å². The number of piperidine rings is 1. The van der Waals surface area contributed by atoms with Crippen molar-refractivity contribution in [1.82, 2.24) is 4.31 Å². The van der Waals surface area contributed by atoms with E-state index in [1.807, 2.05) is 13.8 Å². The highest BCUT2D eigenvalue weighted by Crippen LogP contribution is 2.27. The van der Waals surface area contributed by atoms with Crippen molar-refractivity contribution >= 4 is 21.6 Å². The molecule has 1 amide bonds. The summed E-state index contributed by atoms with van der Waals surface area (Å²) in [5, 5.41) is 12.4. The number of nitrogens with one attached hydrogen (secondary N) is 1. The Morgan fingerprint density at radius 3 is 2.41 bits per heavy atom. The number of amides is 1. The smallest absolute Gasteiger partial charge is 0.255 e. The average molecular weight is 388 g/mol. The van der Waals surface area contributed by atoms with E-state index in [0.29, 0.717) is 24.9 Å². The maximum absolute atomic E-state index is 13.0. The van der Waals surface area contributed by atoms with Crippen LogP contribution in [0.15, 0.2) is 53.4 Å². The number of para-hydroxylation sites is 2. The van der Waals surface area contributed by atoms with Crippen molar-refractivity contribution in [1.29, 1.82) is 0 Å². The maximum Gasteiger partial charge on any atom is 0.255 e. The molecular formula is C20H24N2O4S. The highest BCUT2D eigenvalue weighted by atomic mass is 32.2. The van der Waals surface area contributed by atoms with Crippen LogP contribution < -0.4 is 5.32 Å². The summed E-state index contributed by atoms with van der Waals surface area (Å²) >= 11 is 0. The molecule has 0 unspecified atom stereocenters. The molecule has 0 aromatic heterocycles. The topological polar surface area (TPSA) is 86.7 Å². The molecular weight excluding hydrogens is 364 g/mol. The first kappa shape index (κ1) is 19.4. The lowest BCUT2D eigenvalue weighted by Crippen LogP contribution is -2.42. The molecule has 27 heavy (non-hydrogen) atoms. The van der Waals surface area contributed by atoms with Gasteiger partial charge in [0.05, 0.1) is 10.6 Å². The molecule has 1 saturated heterocycles. The molecule has 144 valence electrons. The van der Waals surface area contributed by atoms with Gasteiger partial charge in [-0.15, -0.1) is 0 Å². The number of aromatic hydroxyl groups is 1. The quantitative estimate of drug-likeness (QED) is 0.787. The summed E-state index contributed by atoms with van der Waals surface area (Å²) in [4.78, 5) is 12.6. The number of phenolic OH excluding ortho intramolecular Hbond substituents is 1. The van der Waals surface area contributed by atoms with E-state index in [0.717, 1.165) is 6.42 Å².